The number of amides is 2. The van der Waals surface area contributed by atoms with Crippen LogP contribution in [0.15, 0.2) is 12.2 Å². The van der Waals surface area contributed by atoms with Crippen molar-refractivity contribution in [2.75, 3.05) is 0 Å². The molecule has 0 aromatic heterocycles. The topological polar surface area (TPSA) is 159 Å². The van der Waals surface area contributed by atoms with E-state index < -0.39 is 5.97 Å². The monoisotopic (exact) mass is 216 g/mol. The summed E-state index contributed by atoms with van der Waals surface area (Å²) in [5, 5.41) is 15.5. The van der Waals surface area contributed by atoms with Gasteiger partial charge >= 0.3 is 0 Å². The molecule has 0 saturated carbocycles. The zero-order valence-electron chi connectivity index (χ0n) is 7.98. The number of aliphatic carboxylic acids is 1. The van der Waals surface area contributed by atoms with Gasteiger partial charge in [0.05, 0.1) is 0 Å². The maximum absolute atomic E-state index is 10.0. The number of nitrogens with one attached hydrogen (secondary N) is 2. The van der Waals surface area contributed by atoms with Crippen molar-refractivity contribution in [3.8, 4) is 0 Å². The SMILES string of the molecule is CC(=O)O.N=C(N)N.O=C1C=CC(=O)N1. The normalized spacial score (nSPS) is 11.5. The van der Waals surface area contributed by atoms with Crippen LogP contribution in [-0.2, 0) is 14.4 Å². The van der Waals surface area contributed by atoms with Gasteiger partial charge in [0, 0.05) is 19.1 Å². The van der Waals surface area contributed by atoms with E-state index in [0.717, 1.165) is 6.92 Å². The average Bonchev–Trinajstić information content (AvgIpc) is 2.31. The molecule has 0 saturated heterocycles. The molecule has 84 valence electrons. The summed E-state index contributed by atoms with van der Waals surface area (Å²) in [5.74, 6) is -1.82. The summed E-state index contributed by atoms with van der Waals surface area (Å²) in [5.41, 5.74) is 8.94. The number of carbonyl (C=O) groups excluding carboxylic acids is 2. The highest BCUT2D eigenvalue weighted by Crippen LogP contribution is 1.82. The standard InChI is InChI=1S/C4H3NO2.C2H4O2.CH5N3/c6-3-1-2-4(7)5-3;1-2(3)4;2-1(3)4/h1-2H,(H,5,6,7);1H3,(H,3,4);(H5,2,3,4). The van der Waals surface area contributed by atoms with Gasteiger partial charge in [0.15, 0.2) is 5.96 Å². The van der Waals surface area contributed by atoms with Crippen LogP contribution in [0.4, 0.5) is 0 Å². The number of imide groups is 1. The van der Waals surface area contributed by atoms with E-state index in [2.05, 4.69) is 11.5 Å². The molecule has 0 radical (unpaired) electrons. The molecule has 0 bridgehead atoms. The molecule has 1 heterocycles. The van der Waals surface area contributed by atoms with Crippen LogP contribution in [0.2, 0.25) is 0 Å². The Bertz CT molecular complexity index is 261. The summed E-state index contributed by atoms with van der Waals surface area (Å²) in [4.78, 5) is 29.1. The highest BCUT2D eigenvalue weighted by Gasteiger charge is 2.06. The molecule has 0 aromatic rings. The Morgan fingerprint density at radius 2 is 1.53 bits per heavy atom. The summed E-state index contributed by atoms with van der Waals surface area (Å²) >= 11 is 0. The number of guanidine groups is 1. The highest BCUT2D eigenvalue weighted by molar-refractivity contribution is 6.12. The molecule has 0 fully saturated rings. The van der Waals surface area contributed by atoms with Gasteiger partial charge in [-0.1, -0.05) is 0 Å². The van der Waals surface area contributed by atoms with Gasteiger partial charge in [0.25, 0.3) is 17.8 Å². The van der Waals surface area contributed by atoms with Crippen LogP contribution < -0.4 is 16.8 Å². The van der Waals surface area contributed by atoms with E-state index >= 15 is 0 Å². The Kier molecular flexibility index (Phi) is 8.29. The summed E-state index contributed by atoms with van der Waals surface area (Å²) in [6.45, 7) is 1.08. The Morgan fingerprint density at radius 1 is 1.33 bits per heavy atom. The first-order valence-corrected chi connectivity index (χ1v) is 3.57. The number of carboxylic acid groups (broad SMARTS) is 1. The van der Waals surface area contributed by atoms with Crippen LogP contribution in [0.25, 0.3) is 0 Å². The van der Waals surface area contributed by atoms with Gasteiger partial charge in [-0.25, -0.2) is 0 Å². The van der Waals surface area contributed by atoms with Gasteiger partial charge in [0.2, 0.25) is 0 Å². The molecule has 8 nitrogen and oxygen atoms in total. The first-order valence-electron chi connectivity index (χ1n) is 3.57. The Balaban J connectivity index is 0. The Morgan fingerprint density at radius 3 is 1.60 bits per heavy atom. The first-order chi connectivity index (χ1) is 6.75. The zero-order valence-corrected chi connectivity index (χ0v) is 7.98. The van der Waals surface area contributed by atoms with Crippen LogP contribution in [0.5, 0.6) is 0 Å². The fourth-order valence-corrected chi connectivity index (χ4v) is 0.356. The van der Waals surface area contributed by atoms with E-state index in [1.54, 1.807) is 0 Å². The van der Waals surface area contributed by atoms with Crippen LogP contribution in [0.1, 0.15) is 6.92 Å². The van der Waals surface area contributed by atoms with Crippen molar-refractivity contribution >= 4 is 23.7 Å². The van der Waals surface area contributed by atoms with Gasteiger partial charge in [-0.3, -0.25) is 25.1 Å². The summed E-state index contributed by atoms with van der Waals surface area (Å²) < 4.78 is 0. The van der Waals surface area contributed by atoms with E-state index in [0.29, 0.717) is 0 Å². The van der Waals surface area contributed by atoms with Crippen molar-refractivity contribution in [2.45, 2.75) is 6.92 Å². The van der Waals surface area contributed by atoms with E-state index in [9.17, 15) is 9.59 Å². The van der Waals surface area contributed by atoms with Gasteiger partial charge < -0.3 is 16.6 Å². The lowest BCUT2D eigenvalue weighted by Crippen LogP contribution is -2.20. The molecule has 7 N–H and O–H groups in total. The van der Waals surface area contributed by atoms with Crippen molar-refractivity contribution in [1.29, 1.82) is 5.41 Å². The molecule has 0 unspecified atom stereocenters. The fraction of sp³-hybridized carbons (Fsp3) is 0.143. The maximum Gasteiger partial charge on any atom is 0.300 e. The van der Waals surface area contributed by atoms with Gasteiger partial charge in [-0.05, 0) is 0 Å². The smallest absolute Gasteiger partial charge is 0.300 e. The third kappa shape index (κ3) is 24.5. The maximum atomic E-state index is 10.0. The predicted molar refractivity (Wildman–Crippen MR) is 51.7 cm³/mol. The highest BCUT2D eigenvalue weighted by atomic mass is 16.4. The van der Waals surface area contributed by atoms with E-state index in [1.165, 1.54) is 12.2 Å². The van der Waals surface area contributed by atoms with Crippen molar-refractivity contribution < 1.29 is 19.5 Å². The van der Waals surface area contributed by atoms with Crippen molar-refractivity contribution in [2.24, 2.45) is 11.5 Å². The van der Waals surface area contributed by atoms with Gasteiger partial charge in [0.1, 0.15) is 0 Å². The summed E-state index contributed by atoms with van der Waals surface area (Å²) in [7, 11) is 0. The molecular weight excluding hydrogens is 204 g/mol. The molecule has 1 rings (SSSR count). The minimum absolute atomic E-state index is 0.329. The average molecular weight is 216 g/mol. The quantitative estimate of drug-likeness (QED) is 0.181. The summed E-state index contributed by atoms with van der Waals surface area (Å²) in [6, 6.07) is 0. The Labute approximate surface area is 85.4 Å². The van der Waals surface area contributed by atoms with Crippen molar-refractivity contribution in [1.82, 2.24) is 5.32 Å². The summed E-state index contributed by atoms with van der Waals surface area (Å²) in [6.07, 6.45) is 2.39. The largest absolute Gasteiger partial charge is 0.481 e. The molecule has 0 aromatic carbocycles. The third-order valence-electron chi connectivity index (χ3n) is 0.632. The molecule has 0 spiro atoms. The minimum atomic E-state index is -0.833. The lowest BCUT2D eigenvalue weighted by atomic mass is 10.6. The van der Waals surface area contributed by atoms with Crippen molar-refractivity contribution in [3.63, 3.8) is 0 Å². The van der Waals surface area contributed by atoms with Gasteiger partial charge in [-0.15, -0.1) is 0 Å². The second kappa shape index (κ2) is 8.23. The molecular formula is C7H12N4O4. The van der Waals surface area contributed by atoms with E-state index in [-0.39, 0.29) is 17.8 Å². The number of hydrogen-bond donors (Lipinski definition) is 5. The van der Waals surface area contributed by atoms with E-state index in [4.69, 9.17) is 15.3 Å². The molecule has 15 heavy (non-hydrogen) atoms. The fourth-order valence-electron chi connectivity index (χ4n) is 0.356. The van der Waals surface area contributed by atoms with Crippen LogP contribution in [0.3, 0.4) is 0 Å². The number of nitrogens with two attached hydrogens (primary N) is 2. The number of rotatable bonds is 0. The van der Waals surface area contributed by atoms with Crippen LogP contribution in [-0.4, -0.2) is 28.8 Å². The molecule has 0 aliphatic carbocycles. The molecule has 1 aliphatic rings. The van der Waals surface area contributed by atoms with Crippen LogP contribution >= 0.6 is 0 Å². The third-order valence-corrected chi connectivity index (χ3v) is 0.632. The lowest BCUT2D eigenvalue weighted by Gasteiger charge is -1.80. The predicted octanol–water partition coefficient (Wildman–Crippen LogP) is -1.87. The number of carbonyl (C=O) groups is 3. The van der Waals surface area contributed by atoms with E-state index in [1.807, 2.05) is 5.32 Å². The zero-order chi connectivity index (χ0) is 12.4. The number of carboxylic acids is 1. The molecule has 0 atom stereocenters. The molecule has 1 aliphatic heterocycles. The first kappa shape index (κ1) is 15.1. The van der Waals surface area contributed by atoms with Gasteiger partial charge in [-0.2, -0.15) is 0 Å². The second-order valence-corrected chi connectivity index (χ2v) is 2.16. The number of hydrogen-bond acceptors (Lipinski definition) is 4. The minimum Gasteiger partial charge on any atom is -0.481 e. The molecule has 2 amide bonds. The van der Waals surface area contributed by atoms with Crippen LogP contribution in [0, 0.1) is 5.41 Å². The molecule has 8 heteroatoms. The Hall–Kier alpha value is -2.38. The lowest BCUT2D eigenvalue weighted by molar-refractivity contribution is -0.134. The van der Waals surface area contributed by atoms with Crippen molar-refractivity contribution in [3.05, 3.63) is 12.2 Å². The second-order valence-electron chi connectivity index (χ2n) is 2.16.